The zero-order valence-electron chi connectivity index (χ0n) is 17.8. The van der Waals surface area contributed by atoms with Gasteiger partial charge in [-0.3, -0.25) is 4.99 Å². The molecule has 0 unspecified atom stereocenters. The Kier molecular flexibility index (Phi) is 8.18. The lowest BCUT2D eigenvalue weighted by Crippen LogP contribution is -2.21. The Labute approximate surface area is 156 Å². The maximum Gasteiger partial charge on any atom is 0.123 e. The lowest BCUT2D eigenvalue weighted by Gasteiger charge is -2.30. The minimum Gasteiger partial charge on any atom is -0.493 e. The average molecular weight is 346 g/mol. The van der Waals surface area contributed by atoms with Crippen LogP contribution in [0.3, 0.4) is 0 Å². The van der Waals surface area contributed by atoms with Crippen molar-refractivity contribution >= 4 is 5.71 Å². The molecule has 0 spiro atoms. The second-order valence-corrected chi connectivity index (χ2v) is 8.57. The zero-order valence-corrected chi connectivity index (χ0v) is 17.8. The van der Waals surface area contributed by atoms with Crippen LogP contribution in [0.15, 0.2) is 23.2 Å². The van der Waals surface area contributed by atoms with Crippen molar-refractivity contribution in [3.8, 4) is 5.75 Å². The molecule has 0 saturated carbocycles. The molecule has 0 heterocycles. The van der Waals surface area contributed by atoms with E-state index in [1.165, 1.54) is 11.1 Å². The Morgan fingerprint density at radius 2 is 1.60 bits per heavy atom. The summed E-state index contributed by atoms with van der Waals surface area (Å²) in [4.78, 5) is 4.45. The number of benzene rings is 1. The molecule has 2 heteroatoms. The normalized spacial score (nSPS) is 12.2. The molecule has 25 heavy (non-hydrogen) atoms. The van der Waals surface area contributed by atoms with Crippen molar-refractivity contribution in [1.82, 2.24) is 0 Å². The second-order valence-electron chi connectivity index (χ2n) is 8.57. The minimum atomic E-state index is 0.124. The third-order valence-corrected chi connectivity index (χ3v) is 5.50. The highest BCUT2D eigenvalue weighted by Gasteiger charge is 2.26. The first-order valence-corrected chi connectivity index (χ1v) is 9.89. The summed E-state index contributed by atoms with van der Waals surface area (Å²) in [6, 6.07) is 6.82. The Morgan fingerprint density at radius 1 is 0.960 bits per heavy atom. The fourth-order valence-corrected chi connectivity index (χ4v) is 2.70. The van der Waals surface area contributed by atoms with E-state index in [9.17, 15) is 0 Å². The molecule has 0 amide bonds. The quantitative estimate of drug-likeness (QED) is 0.341. The second kappa shape index (κ2) is 9.40. The van der Waals surface area contributed by atoms with Crippen molar-refractivity contribution in [3.63, 3.8) is 0 Å². The third kappa shape index (κ3) is 6.49. The Hall–Kier alpha value is -1.31. The van der Waals surface area contributed by atoms with E-state index < -0.39 is 0 Å². The zero-order chi connectivity index (χ0) is 19.1. The van der Waals surface area contributed by atoms with Crippen molar-refractivity contribution in [2.24, 2.45) is 4.99 Å². The predicted octanol–water partition coefficient (Wildman–Crippen LogP) is 6.70. The van der Waals surface area contributed by atoms with Crippen molar-refractivity contribution in [3.05, 3.63) is 29.3 Å². The molecule has 0 aliphatic rings. The van der Waals surface area contributed by atoms with Gasteiger partial charge in [-0.05, 0) is 62.0 Å². The van der Waals surface area contributed by atoms with E-state index >= 15 is 0 Å². The van der Waals surface area contributed by atoms with E-state index in [1.54, 1.807) is 0 Å². The molecule has 2 nitrogen and oxygen atoms in total. The topological polar surface area (TPSA) is 21.6 Å². The first kappa shape index (κ1) is 21.7. The lowest BCUT2D eigenvalue weighted by atomic mass is 9.76. The van der Waals surface area contributed by atoms with Crippen molar-refractivity contribution in [2.45, 2.75) is 91.9 Å². The summed E-state index contributed by atoms with van der Waals surface area (Å²) in [6.45, 7) is 19.6. The van der Waals surface area contributed by atoms with E-state index in [0.717, 1.165) is 50.3 Å². The van der Waals surface area contributed by atoms with E-state index in [0.29, 0.717) is 0 Å². The molecule has 0 N–H and O–H groups in total. The molecular formula is C23H39NO. The van der Waals surface area contributed by atoms with Gasteiger partial charge >= 0.3 is 0 Å². The van der Waals surface area contributed by atoms with Gasteiger partial charge in [0.05, 0.1) is 6.61 Å². The smallest absolute Gasteiger partial charge is 0.123 e. The average Bonchev–Trinajstić information content (AvgIpc) is 2.57. The van der Waals surface area contributed by atoms with E-state index in [-0.39, 0.29) is 10.8 Å². The monoisotopic (exact) mass is 345 g/mol. The largest absolute Gasteiger partial charge is 0.493 e. The maximum atomic E-state index is 6.19. The number of rotatable bonds is 10. The lowest BCUT2D eigenvalue weighted by molar-refractivity contribution is 0.297. The van der Waals surface area contributed by atoms with Gasteiger partial charge in [0.1, 0.15) is 5.75 Å². The van der Waals surface area contributed by atoms with Gasteiger partial charge in [0.2, 0.25) is 0 Å². The Bertz CT molecular complexity index is 565. The molecule has 0 aliphatic carbocycles. The van der Waals surface area contributed by atoms with E-state index in [2.05, 4.69) is 78.6 Å². The van der Waals surface area contributed by atoms with Crippen molar-refractivity contribution < 1.29 is 4.74 Å². The van der Waals surface area contributed by atoms with Gasteiger partial charge in [-0.25, -0.2) is 0 Å². The Balaban J connectivity index is 2.89. The highest BCUT2D eigenvalue weighted by atomic mass is 16.5. The molecule has 142 valence electrons. The highest BCUT2D eigenvalue weighted by molar-refractivity contribution is 5.78. The molecule has 0 saturated heterocycles. The Morgan fingerprint density at radius 3 is 2.16 bits per heavy atom. The molecule has 1 aromatic carbocycles. The van der Waals surface area contributed by atoms with Gasteiger partial charge in [0, 0.05) is 17.8 Å². The van der Waals surface area contributed by atoms with Crippen molar-refractivity contribution in [1.29, 1.82) is 0 Å². The molecule has 0 bridgehead atoms. The summed E-state index contributed by atoms with van der Waals surface area (Å²) in [6.07, 6.45) is 4.37. The fraction of sp³-hybridized carbons (Fsp3) is 0.696. The number of unbranched alkanes of at least 4 members (excludes halogenated alkanes) is 1. The van der Waals surface area contributed by atoms with Gasteiger partial charge < -0.3 is 4.74 Å². The summed E-state index contributed by atoms with van der Waals surface area (Å²) in [5.41, 5.74) is 4.23. The fourth-order valence-electron chi connectivity index (χ4n) is 2.70. The van der Waals surface area contributed by atoms with Gasteiger partial charge in [-0.15, -0.1) is 0 Å². The number of hydrogen-bond donors (Lipinski definition) is 0. The van der Waals surface area contributed by atoms with Gasteiger partial charge in [-0.2, -0.15) is 0 Å². The van der Waals surface area contributed by atoms with Crippen molar-refractivity contribution in [2.75, 3.05) is 13.2 Å². The van der Waals surface area contributed by atoms with Crippen LogP contribution in [0.5, 0.6) is 5.75 Å². The first-order valence-electron chi connectivity index (χ1n) is 9.89. The molecule has 0 aliphatic heterocycles. The van der Waals surface area contributed by atoms with Crippen LogP contribution >= 0.6 is 0 Å². The number of ether oxygens (including phenoxy) is 1. The standard InChI is InChI=1S/C23H39NO/c1-9-22(5,6)19-13-14-21(20(17-19)23(7,8)10-2)25-16-12-11-15-24-18(3)4/h13-14,17H,9-12,15-16H2,1-8H3. The van der Waals surface area contributed by atoms with Crippen LogP contribution in [-0.4, -0.2) is 18.9 Å². The summed E-state index contributed by atoms with van der Waals surface area (Å²) < 4.78 is 6.19. The van der Waals surface area contributed by atoms with Crippen LogP contribution in [0.1, 0.15) is 92.2 Å². The molecule has 1 rings (SSSR count). The molecule has 1 aromatic rings. The van der Waals surface area contributed by atoms with Gasteiger partial charge in [0.15, 0.2) is 0 Å². The summed E-state index contributed by atoms with van der Waals surface area (Å²) in [5.74, 6) is 1.05. The SMILES string of the molecule is CCC(C)(C)c1ccc(OCCCCN=C(C)C)c(C(C)(C)CC)c1. The summed E-state index contributed by atoms with van der Waals surface area (Å²) in [5, 5.41) is 0. The first-order chi connectivity index (χ1) is 11.6. The number of nitrogens with zero attached hydrogens (tertiary/aromatic N) is 1. The van der Waals surface area contributed by atoms with Crippen LogP contribution in [0.4, 0.5) is 0 Å². The predicted molar refractivity (Wildman–Crippen MR) is 111 cm³/mol. The van der Waals surface area contributed by atoms with E-state index in [4.69, 9.17) is 4.74 Å². The molecule has 0 atom stereocenters. The van der Waals surface area contributed by atoms with Crippen LogP contribution < -0.4 is 4.74 Å². The van der Waals surface area contributed by atoms with Crippen LogP contribution in [-0.2, 0) is 10.8 Å². The van der Waals surface area contributed by atoms with Crippen LogP contribution in [0.2, 0.25) is 0 Å². The molecular weight excluding hydrogens is 306 g/mol. The maximum absolute atomic E-state index is 6.19. The van der Waals surface area contributed by atoms with Gasteiger partial charge in [-0.1, -0.05) is 53.7 Å². The van der Waals surface area contributed by atoms with E-state index in [1.807, 2.05) is 0 Å². The van der Waals surface area contributed by atoms with Gasteiger partial charge in [0.25, 0.3) is 0 Å². The molecule has 0 radical (unpaired) electrons. The van der Waals surface area contributed by atoms with Crippen LogP contribution in [0.25, 0.3) is 0 Å². The van der Waals surface area contributed by atoms with Crippen LogP contribution in [0, 0.1) is 0 Å². The molecule has 0 fully saturated rings. The highest BCUT2D eigenvalue weighted by Crippen LogP contribution is 2.38. The summed E-state index contributed by atoms with van der Waals surface area (Å²) in [7, 11) is 0. The minimum absolute atomic E-state index is 0.124. The number of hydrogen-bond acceptors (Lipinski definition) is 2. The number of aliphatic imine (C=N–C) groups is 1. The third-order valence-electron chi connectivity index (χ3n) is 5.50. The molecule has 0 aromatic heterocycles. The summed E-state index contributed by atoms with van der Waals surface area (Å²) >= 11 is 0.